The largest absolute Gasteiger partial charge is 0.461 e. The van der Waals surface area contributed by atoms with Crippen LogP contribution in [0.15, 0.2) is 11.4 Å². The van der Waals surface area contributed by atoms with Gasteiger partial charge in [0.25, 0.3) is 5.91 Å². The van der Waals surface area contributed by atoms with E-state index in [0.717, 1.165) is 43.7 Å². The minimum absolute atomic E-state index is 0.0596. The first-order valence-corrected chi connectivity index (χ1v) is 13.1. The van der Waals surface area contributed by atoms with E-state index in [-0.39, 0.29) is 12.0 Å². The monoisotopic (exact) mass is 475 g/mol. The summed E-state index contributed by atoms with van der Waals surface area (Å²) < 4.78 is 13.1. The standard InChI is InChI=1S/C25H37N3O4S/c1-5-8-10-18(6-2)14-26-23(29)20-13-22(21-16-33-24(27-21)25(30)31-7-3)28(17(20)4)15-19-11-9-12-32-19/h13,16,18-19H,5-12,14-15H2,1-4H3,(H,26,29). The smallest absolute Gasteiger partial charge is 0.367 e. The first-order chi connectivity index (χ1) is 16.0. The van der Waals surface area contributed by atoms with E-state index in [1.807, 2.05) is 18.4 Å². The number of amides is 1. The van der Waals surface area contributed by atoms with E-state index in [1.165, 1.54) is 24.2 Å². The second-order valence-electron chi connectivity index (χ2n) is 8.66. The van der Waals surface area contributed by atoms with Crippen molar-refractivity contribution in [3.63, 3.8) is 0 Å². The lowest BCUT2D eigenvalue weighted by molar-refractivity contribution is 0.0526. The maximum Gasteiger partial charge on any atom is 0.367 e. The molecule has 7 nitrogen and oxygen atoms in total. The molecule has 1 aliphatic heterocycles. The van der Waals surface area contributed by atoms with Gasteiger partial charge in [0, 0.05) is 30.8 Å². The van der Waals surface area contributed by atoms with Crippen molar-refractivity contribution in [1.29, 1.82) is 0 Å². The van der Waals surface area contributed by atoms with Gasteiger partial charge in [-0.15, -0.1) is 11.3 Å². The predicted octanol–water partition coefficient (Wildman–Crippen LogP) is 5.22. The quantitative estimate of drug-likeness (QED) is 0.426. The molecule has 1 saturated heterocycles. The van der Waals surface area contributed by atoms with Crippen molar-refractivity contribution in [3.05, 3.63) is 27.7 Å². The van der Waals surface area contributed by atoms with Gasteiger partial charge in [-0.2, -0.15) is 0 Å². The zero-order chi connectivity index (χ0) is 23.8. The van der Waals surface area contributed by atoms with E-state index < -0.39 is 5.97 Å². The number of ether oxygens (including phenoxy) is 2. The number of nitrogens with one attached hydrogen (secondary N) is 1. The molecular formula is C25H37N3O4S. The third kappa shape index (κ3) is 6.44. The Morgan fingerprint density at radius 2 is 2.18 bits per heavy atom. The zero-order valence-corrected chi connectivity index (χ0v) is 21.1. The highest BCUT2D eigenvalue weighted by molar-refractivity contribution is 7.11. The summed E-state index contributed by atoms with van der Waals surface area (Å²) in [4.78, 5) is 29.8. The van der Waals surface area contributed by atoms with Gasteiger partial charge in [-0.1, -0.05) is 33.1 Å². The van der Waals surface area contributed by atoms with Gasteiger partial charge < -0.3 is 19.4 Å². The van der Waals surface area contributed by atoms with Crippen LogP contribution in [0.4, 0.5) is 0 Å². The highest BCUT2D eigenvalue weighted by atomic mass is 32.1. The Bertz CT molecular complexity index is 930. The molecule has 0 saturated carbocycles. The second kappa shape index (κ2) is 12.3. The molecule has 0 spiro atoms. The molecule has 0 bridgehead atoms. The third-order valence-corrected chi connectivity index (χ3v) is 7.15. The number of rotatable bonds is 12. The summed E-state index contributed by atoms with van der Waals surface area (Å²) in [6.45, 7) is 10.5. The van der Waals surface area contributed by atoms with Crippen LogP contribution in [0.5, 0.6) is 0 Å². The van der Waals surface area contributed by atoms with E-state index in [2.05, 4.69) is 28.7 Å². The molecule has 1 amide bonds. The molecule has 2 aromatic heterocycles. The molecule has 0 radical (unpaired) electrons. The molecule has 1 fully saturated rings. The normalized spacial score (nSPS) is 16.7. The van der Waals surface area contributed by atoms with Crippen molar-refractivity contribution in [2.24, 2.45) is 5.92 Å². The third-order valence-electron chi connectivity index (χ3n) is 6.33. The van der Waals surface area contributed by atoms with E-state index in [9.17, 15) is 9.59 Å². The number of unbranched alkanes of at least 4 members (excludes halogenated alkanes) is 1. The zero-order valence-electron chi connectivity index (χ0n) is 20.3. The second-order valence-corrected chi connectivity index (χ2v) is 9.52. The average molecular weight is 476 g/mol. The van der Waals surface area contributed by atoms with E-state index in [0.29, 0.717) is 41.9 Å². The Morgan fingerprint density at radius 1 is 1.36 bits per heavy atom. The van der Waals surface area contributed by atoms with Crippen molar-refractivity contribution in [2.75, 3.05) is 19.8 Å². The minimum atomic E-state index is -0.418. The van der Waals surface area contributed by atoms with Crippen molar-refractivity contribution in [3.8, 4) is 11.4 Å². The Balaban J connectivity index is 1.85. The Kier molecular flexibility index (Phi) is 9.50. The fourth-order valence-corrected chi connectivity index (χ4v) is 4.97. The highest BCUT2D eigenvalue weighted by Gasteiger charge is 2.25. The molecule has 1 aliphatic rings. The molecule has 3 heterocycles. The van der Waals surface area contributed by atoms with Crippen LogP contribution in [-0.2, 0) is 16.0 Å². The van der Waals surface area contributed by atoms with E-state index in [1.54, 1.807) is 6.92 Å². The number of thiazole rings is 1. The number of carbonyl (C=O) groups excluding carboxylic acids is 2. The maximum absolute atomic E-state index is 13.1. The summed E-state index contributed by atoms with van der Waals surface area (Å²) in [5.74, 6) is 0.0160. The molecule has 182 valence electrons. The van der Waals surface area contributed by atoms with Gasteiger partial charge in [0.05, 0.1) is 29.7 Å². The lowest BCUT2D eigenvalue weighted by Gasteiger charge is -2.16. The van der Waals surface area contributed by atoms with Crippen LogP contribution in [0.25, 0.3) is 11.4 Å². The Labute approximate surface area is 200 Å². The van der Waals surface area contributed by atoms with Crippen molar-refractivity contribution < 1.29 is 19.1 Å². The van der Waals surface area contributed by atoms with Crippen LogP contribution < -0.4 is 5.32 Å². The molecule has 0 aromatic carbocycles. The van der Waals surface area contributed by atoms with Gasteiger partial charge in [-0.3, -0.25) is 4.79 Å². The van der Waals surface area contributed by atoms with Gasteiger partial charge in [0.2, 0.25) is 5.01 Å². The van der Waals surface area contributed by atoms with Crippen molar-refractivity contribution in [1.82, 2.24) is 14.9 Å². The molecule has 8 heteroatoms. The molecule has 1 N–H and O–H groups in total. The van der Waals surface area contributed by atoms with Gasteiger partial charge in [-0.05, 0) is 45.1 Å². The van der Waals surface area contributed by atoms with Crippen molar-refractivity contribution >= 4 is 23.2 Å². The van der Waals surface area contributed by atoms with Crippen LogP contribution in [0, 0.1) is 12.8 Å². The van der Waals surface area contributed by atoms with Crippen LogP contribution in [0.2, 0.25) is 0 Å². The summed E-state index contributed by atoms with van der Waals surface area (Å²) in [5, 5.41) is 5.33. The first-order valence-electron chi connectivity index (χ1n) is 12.2. The summed E-state index contributed by atoms with van der Waals surface area (Å²) in [5.41, 5.74) is 3.06. The molecule has 2 unspecified atom stereocenters. The number of esters is 1. The summed E-state index contributed by atoms with van der Waals surface area (Å²) >= 11 is 1.26. The Hall–Kier alpha value is -2.19. The van der Waals surface area contributed by atoms with E-state index >= 15 is 0 Å². The Morgan fingerprint density at radius 3 is 2.85 bits per heavy atom. The first kappa shape index (κ1) is 25.4. The van der Waals surface area contributed by atoms with Crippen LogP contribution in [0.3, 0.4) is 0 Å². The fourth-order valence-electron chi connectivity index (χ4n) is 4.27. The number of hydrogen-bond acceptors (Lipinski definition) is 6. The van der Waals surface area contributed by atoms with Gasteiger partial charge >= 0.3 is 5.97 Å². The fraction of sp³-hybridized carbons (Fsp3) is 0.640. The summed E-state index contributed by atoms with van der Waals surface area (Å²) in [7, 11) is 0. The summed E-state index contributed by atoms with van der Waals surface area (Å²) in [6, 6.07) is 1.90. The molecule has 0 aliphatic carbocycles. The van der Waals surface area contributed by atoms with Gasteiger partial charge in [-0.25, -0.2) is 9.78 Å². The maximum atomic E-state index is 13.1. The lowest BCUT2D eigenvalue weighted by atomic mass is 9.99. The number of hydrogen-bond donors (Lipinski definition) is 1. The van der Waals surface area contributed by atoms with Crippen LogP contribution >= 0.6 is 11.3 Å². The summed E-state index contributed by atoms with van der Waals surface area (Å²) in [6.07, 6.45) is 6.70. The molecular weight excluding hydrogens is 438 g/mol. The highest BCUT2D eigenvalue weighted by Crippen LogP contribution is 2.29. The lowest BCUT2D eigenvalue weighted by Crippen LogP contribution is -2.29. The number of nitrogens with zero attached hydrogens (tertiary/aromatic N) is 2. The molecule has 2 atom stereocenters. The molecule has 2 aromatic rings. The number of aromatic nitrogens is 2. The predicted molar refractivity (Wildman–Crippen MR) is 131 cm³/mol. The number of carbonyl (C=O) groups is 2. The minimum Gasteiger partial charge on any atom is -0.461 e. The van der Waals surface area contributed by atoms with E-state index in [4.69, 9.17) is 9.47 Å². The molecule has 33 heavy (non-hydrogen) atoms. The SMILES string of the molecule is CCCCC(CC)CNC(=O)c1cc(-c2csc(C(=O)OCC)n2)n(CC2CCCO2)c1C. The van der Waals surface area contributed by atoms with Gasteiger partial charge in [0.15, 0.2) is 0 Å². The van der Waals surface area contributed by atoms with Crippen LogP contribution in [0.1, 0.15) is 85.2 Å². The van der Waals surface area contributed by atoms with Crippen LogP contribution in [-0.4, -0.2) is 47.3 Å². The van der Waals surface area contributed by atoms with Gasteiger partial charge in [0.1, 0.15) is 0 Å². The average Bonchev–Trinajstić information content (AvgIpc) is 3.56. The molecule has 3 rings (SSSR count). The van der Waals surface area contributed by atoms with Crippen molar-refractivity contribution in [2.45, 2.75) is 78.9 Å². The topological polar surface area (TPSA) is 82.5 Å².